The van der Waals surface area contributed by atoms with Crippen LogP contribution in [0.15, 0.2) is 18.2 Å². The number of nitrogens with one attached hydrogen (secondary N) is 1. The Labute approximate surface area is 125 Å². The van der Waals surface area contributed by atoms with Gasteiger partial charge in [-0.15, -0.1) is 0 Å². The molecule has 1 aromatic rings. The third-order valence-corrected chi connectivity index (χ3v) is 3.97. The first kappa shape index (κ1) is 15.9. The van der Waals surface area contributed by atoms with Crippen molar-refractivity contribution in [2.24, 2.45) is 0 Å². The highest BCUT2D eigenvalue weighted by molar-refractivity contribution is 5.44. The minimum absolute atomic E-state index is 0.181. The summed E-state index contributed by atoms with van der Waals surface area (Å²) in [6.45, 7) is 9.10. The van der Waals surface area contributed by atoms with Crippen molar-refractivity contribution in [2.75, 3.05) is 32.8 Å². The van der Waals surface area contributed by atoms with E-state index in [1.54, 1.807) is 19.1 Å². The van der Waals surface area contributed by atoms with Crippen molar-refractivity contribution in [2.45, 2.75) is 26.5 Å². The molecule has 0 aromatic heterocycles. The Balaban J connectivity index is 1.86. The monoisotopic (exact) mass is 293 g/mol. The first-order valence-corrected chi connectivity index (χ1v) is 7.39. The average Bonchev–Trinajstić information content (AvgIpc) is 2.49. The lowest BCUT2D eigenvalue weighted by Crippen LogP contribution is -2.46. The molecule has 2 rings (SSSR count). The number of nitrogens with zero attached hydrogens (tertiary/aromatic N) is 2. The molecule has 0 bridgehead atoms. The molecule has 0 amide bonds. The zero-order chi connectivity index (χ0) is 15.2. The van der Waals surface area contributed by atoms with E-state index in [-0.39, 0.29) is 16.7 Å². The standard InChI is InChI=1S/C15H23N3O3/c1-3-17-7-8-21-14(11-17)10-16-9-13-5-4-6-15(12(13)2)18(19)20/h4-6,14,16H,3,7-11H2,1-2H3. The van der Waals surface area contributed by atoms with Crippen LogP contribution in [0.3, 0.4) is 0 Å². The van der Waals surface area contributed by atoms with Gasteiger partial charge in [-0.05, 0) is 19.0 Å². The number of rotatable bonds is 6. The van der Waals surface area contributed by atoms with Crippen LogP contribution in [0.25, 0.3) is 0 Å². The van der Waals surface area contributed by atoms with E-state index in [9.17, 15) is 10.1 Å². The van der Waals surface area contributed by atoms with Crippen LogP contribution in [-0.2, 0) is 11.3 Å². The highest BCUT2D eigenvalue weighted by Crippen LogP contribution is 2.20. The fraction of sp³-hybridized carbons (Fsp3) is 0.600. The molecule has 1 unspecified atom stereocenters. The third kappa shape index (κ3) is 4.23. The van der Waals surface area contributed by atoms with Gasteiger partial charge in [-0.3, -0.25) is 15.0 Å². The summed E-state index contributed by atoms with van der Waals surface area (Å²) < 4.78 is 5.73. The topological polar surface area (TPSA) is 67.6 Å². The molecule has 1 atom stereocenters. The van der Waals surface area contributed by atoms with Gasteiger partial charge in [-0.25, -0.2) is 0 Å². The minimum atomic E-state index is -0.331. The van der Waals surface area contributed by atoms with E-state index >= 15 is 0 Å². The SMILES string of the molecule is CCN1CCOC(CNCc2cccc([N+](=O)[O-])c2C)C1. The zero-order valence-electron chi connectivity index (χ0n) is 12.7. The summed E-state index contributed by atoms with van der Waals surface area (Å²) >= 11 is 0. The lowest BCUT2D eigenvalue weighted by Gasteiger charge is -2.32. The van der Waals surface area contributed by atoms with Gasteiger partial charge >= 0.3 is 0 Å². The number of nitro groups is 1. The normalized spacial score (nSPS) is 19.6. The molecule has 0 aliphatic carbocycles. The number of morpholine rings is 1. The Bertz CT molecular complexity index is 493. The molecule has 6 heteroatoms. The fourth-order valence-electron chi connectivity index (χ4n) is 2.62. The van der Waals surface area contributed by atoms with Gasteiger partial charge in [0.2, 0.25) is 0 Å². The quantitative estimate of drug-likeness (QED) is 0.639. The average molecular weight is 293 g/mol. The van der Waals surface area contributed by atoms with E-state index in [0.717, 1.165) is 43.9 Å². The summed E-state index contributed by atoms with van der Waals surface area (Å²) in [7, 11) is 0. The largest absolute Gasteiger partial charge is 0.374 e. The lowest BCUT2D eigenvalue weighted by molar-refractivity contribution is -0.385. The second-order valence-corrected chi connectivity index (χ2v) is 5.34. The van der Waals surface area contributed by atoms with Crippen LogP contribution in [0.5, 0.6) is 0 Å². The van der Waals surface area contributed by atoms with Crippen molar-refractivity contribution in [3.05, 3.63) is 39.4 Å². The van der Waals surface area contributed by atoms with Gasteiger partial charge in [0.15, 0.2) is 0 Å². The van der Waals surface area contributed by atoms with Crippen molar-refractivity contribution in [1.82, 2.24) is 10.2 Å². The maximum atomic E-state index is 10.9. The number of ether oxygens (including phenoxy) is 1. The maximum Gasteiger partial charge on any atom is 0.272 e. The summed E-state index contributed by atoms with van der Waals surface area (Å²) in [6.07, 6.45) is 0.192. The van der Waals surface area contributed by atoms with Gasteiger partial charge < -0.3 is 10.1 Å². The molecule has 116 valence electrons. The lowest BCUT2D eigenvalue weighted by atomic mass is 10.1. The molecule has 1 heterocycles. The van der Waals surface area contributed by atoms with Crippen LogP contribution in [0.4, 0.5) is 5.69 Å². The maximum absolute atomic E-state index is 10.9. The first-order chi connectivity index (χ1) is 10.1. The highest BCUT2D eigenvalue weighted by Gasteiger charge is 2.19. The van der Waals surface area contributed by atoms with E-state index < -0.39 is 0 Å². The van der Waals surface area contributed by atoms with Crippen LogP contribution in [0.1, 0.15) is 18.1 Å². The van der Waals surface area contributed by atoms with Crippen molar-refractivity contribution in [3.63, 3.8) is 0 Å². The number of benzene rings is 1. The summed E-state index contributed by atoms with van der Waals surface area (Å²) in [4.78, 5) is 13.0. The molecule has 1 N–H and O–H groups in total. The van der Waals surface area contributed by atoms with Gasteiger partial charge in [0.05, 0.1) is 17.6 Å². The first-order valence-electron chi connectivity index (χ1n) is 7.39. The van der Waals surface area contributed by atoms with E-state index in [1.807, 2.05) is 6.07 Å². The predicted octanol–water partition coefficient (Wildman–Crippen LogP) is 1.71. The third-order valence-electron chi connectivity index (χ3n) is 3.97. The summed E-state index contributed by atoms with van der Waals surface area (Å²) in [5, 5.41) is 14.3. The molecule has 0 spiro atoms. The van der Waals surface area contributed by atoms with Crippen LogP contribution in [0.2, 0.25) is 0 Å². The van der Waals surface area contributed by atoms with Crippen LogP contribution in [-0.4, -0.2) is 48.7 Å². The molecular weight excluding hydrogens is 270 g/mol. The molecule has 1 aliphatic rings. The summed E-state index contributed by atoms with van der Waals surface area (Å²) in [5.41, 5.74) is 1.88. The van der Waals surface area contributed by atoms with Gasteiger partial charge in [0, 0.05) is 37.8 Å². The van der Waals surface area contributed by atoms with Crippen molar-refractivity contribution in [3.8, 4) is 0 Å². The number of hydrogen-bond acceptors (Lipinski definition) is 5. The molecule has 1 aliphatic heterocycles. The van der Waals surface area contributed by atoms with Gasteiger partial charge in [0.25, 0.3) is 5.69 Å². The highest BCUT2D eigenvalue weighted by atomic mass is 16.6. The van der Waals surface area contributed by atoms with E-state index in [1.165, 1.54) is 0 Å². The molecule has 21 heavy (non-hydrogen) atoms. The predicted molar refractivity (Wildman–Crippen MR) is 81.4 cm³/mol. The van der Waals surface area contributed by atoms with E-state index in [2.05, 4.69) is 17.1 Å². The summed E-state index contributed by atoms with van der Waals surface area (Å²) in [6, 6.07) is 5.20. The van der Waals surface area contributed by atoms with Gasteiger partial charge in [-0.2, -0.15) is 0 Å². The van der Waals surface area contributed by atoms with Crippen LogP contribution >= 0.6 is 0 Å². The molecular formula is C15H23N3O3. The molecule has 0 saturated carbocycles. The van der Waals surface area contributed by atoms with Crippen molar-refractivity contribution in [1.29, 1.82) is 0 Å². The van der Waals surface area contributed by atoms with Crippen LogP contribution < -0.4 is 5.32 Å². The number of likely N-dealkylation sites (N-methyl/N-ethyl adjacent to an activating group) is 1. The van der Waals surface area contributed by atoms with Crippen LogP contribution in [0, 0.1) is 17.0 Å². The smallest absolute Gasteiger partial charge is 0.272 e. The molecule has 0 radical (unpaired) electrons. The van der Waals surface area contributed by atoms with Gasteiger partial charge in [-0.1, -0.05) is 19.1 Å². The minimum Gasteiger partial charge on any atom is -0.374 e. The Hall–Kier alpha value is -1.50. The van der Waals surface area contributed by atoms with Crippen molar-refractivity contribution < 1.29 is 9.66 Å². The second kappa shape index (κ2) is 7.49. The van der Waals surface area contributed by atoms with Crippen molar-refractivity contribution >= 4 is 5.69 Å². The Morgan fingerprint density at radius 1 is 1.52 bits per heavy atom. The summed E-state index contributed by atoms with van der Waals surface area (Å²) in [5.74, 6) is 0. The molecule has 1 saturated heterocycles. The van der Waals surface area contributed by atoms with E-state index in [0.29, 0.717) is 6.54 Å². The molecule has 1 fully saturated rings. The van der Waals surface area contributed by atoms with E-state index in [4.69, 9.17) is 4.74 Å². The fourth-order valence-corrected chi connectivity index (χ4v) is 2.62. The van der Waals surface area contributed by atoms with Gasteiger partial charge in [0.1, 0.15) is 0 Å². The zero-order valence-corrected chi connectivity index (χ0v) is 12.7. The second-order valence-electron chi connectivity index (χ2n) is 5.34. The number of nitro benzene ring substituents is 1. The Kier molecular flexibility index (Phi) is 5.67. The Morgan fingerprint density at radius 3 is 3.05 bits per heavy atom. The Morgan fingerprint density at radius 2 is 2.33 bits per heavy atom. The molecule has 6 nitrogen and oxygen atoms in total. The molecule has 1 aromatic carbocycles. The number of hydrogen-bond donors (Lipinski definition) is 1.